The van der Waals surface area contributed by atoms with Gasteiger partial charge in [-0.1, -0.05) is 18.9 Å². The molecular formula is C13H20N4O. The number of amides is 1. The lowest BCUT2D eigenvalue weighted by atomic mass is 10.1. The fourth-order valence-corrected chi connectivity index (χ4v) is 2.36. The van der Waals surface area contributed by atoms with Crippen molar-refractivity contribution in [3.8, 4) is 0 Å². The molecule has 1 aliphatic rings. The van der Waals surface area contributed by atoms with E-state index in [9.17, 15) is 4.79 Å². The third kappa shape index (κ3) is 2.79. The molecule has 1 aromatic rings. The maximum Gasteiger partial charge on any atom is 0.272 e. The van der Waals surface area contributed by atoms with Crippen LogP contribution in [0.15, 0.2) is 18.2 Å². The van der Waals surface area contributed by atoms with Crippen LogP contribution in [0.5, 0.6) is 0 Å². The van der Waals surface area contributed by atoms with Crippen LogP contribution >= 0.6 is 0 Å². The minimum atomic E-state index is 0.00139. The number of nitrogens with zero attached hydrogens (tertiary/aromatic N) is 2. The highest BCUT2D eigenvalue weighted by Gasteiger charge is 2.23. The maximum absolute atomic E-state index is 12.4. The molecule has 1 aromatic heterocycles. The van der Waals surface area contributed by atoms with E-state index in [4.69, 9.17) is 5.84 Å². The summed E-state index contributed by atoms with van der Waals surface area (Å²) in [6.07, 6.45) is 4.54. The van der Waals surface area contributed by atoms with Crippen LogP contribution in [-0.2, 0) is 0 Å². The number of aromatic nitrogens is 1. The van der Waals surface area contributed by atoms with Gasteiger partial charge in [-0.15, -0.1) is 0 Å². The first kappa shape index (κ1) is 12.8. The van der Waals surface area contributed by atoms with Crippen molar-refractivity contribution in [2.24, 2.45) is 5.84 Å². The molecule has 1 saturated heterocycles. The van der Waals surface area contributed by atoms with Crippen LogP contribution < -0.4 is 11.3 Å². The van der Waals surface area contributed by atoms with Crippen LogP contribution in [-0.4, -0.2) is 28.4 Å². The van der Waals surface area contributed by atoms with E-state index in [1.165, 1.54) is 12.8 Å². The number of rotatable bonds is 2. The zero-order valence-corrected chi connectivity index (χ0v) is 10.7. The van der Waals surface area contributed by atoms with Crippen LogP contribution in [0.3, 0.4) is 0 Å². The van der Waals surface area contributed by atoms with Gasteiger partial charge in [0, 0.05) is 12.6 Å². The molecule has 18 heavy (non-hydrogen) atoms. The quantitative estimate of drug-likeness (QED) is 0.618. The number of likely N-dealkylation sites (tertiary alicyclic amines) is 1. The number of carbonyl (C=O) groups excluding carboxylic acids is 1. The lowest BCUT2D eigenvalue weighted by molar-refractivity contribution is 0.0692. The third-order valence-corrected chi connectivity index (χ3v) is 3.43. The molecule has 0 saturated carbocycles. The predicted octanol–water partition coefficient (Wildman–Crippen LogP) is 1.77. The molecule has 1 fully saturated rings. The van der Waals surface area contributed by atoms with Gasteiger partial charge in [-0.25, -0.2) is 10.8 Å². The average Bonchev–Trinajstić information content (AvgIpc) is 2.62. The second kappa shape index (κ2) is 5.82. The molecule has 1 amide bonds. The summed E-state index contributed by atoms with van der Waals surface area (Å²) in [7, 11) is 0. The van der Waals surface area contributed by atoms with Gasteiger partial charge >= 0.3 is 0 Å². The summed E-state index contributed by atoms with van der Waals surface area (Å²) < 4.78 is 0. The first-order chi connectivity index (χ1) is 8.72. The van der Waals surface area contributed by atoms with Crippen LogP contribution in [0.4, 0.5) is 5.82 Å². The monoisotopic (exact) mass is 248 g/mol. The molecule has 5 heteroatoms. The van der Waals surface area contributed by atoms with E-state index < -0.39 is 0 Å². The number of hydrogen-bond donors (Lipinski definition) is 2. The van der Waals surface area contributed by atoms with Gasteiger partial charge in [0.25, 0.3) is 5.91 Å². The van der Waals surface area contributed by atoms with E-state index in [0.29, 0.717) is 11.5 Å². The summed E-state index contributed by atoms with van der Waals surface area (Å²) in [6.45, 7) is 2.93. The molecule has 98 valence electrons. The van der Waals surface area contributed by atoms with Crippen molar-refractivity contribution in [2.75, 3.05) is 12.0 Å². The van der Waals surface area contributed by atoms with Gasteiger partial charge in [0.2, 0.25) is 0 Å². The molecule has 0 spiro atoms. The summed E-state index contributed by atoms with van der Waals surface area (Å²) in [4.78, 5) is 18.6. The summed E-state index contributed by atoms with van der Waals surface area (Å²) in [5, 5.41) is 0. The SMILES string of the molecule is CC1CCCCCN1C(=O)c1cccc(NN)n1. The van der Waals surface area contributed by atoms with E-state index >= 15 is 0 Å². The molecule has 2 rings (SSSR count). The largest absolute Gasteiger partial charge is 0.335 e. The molecular weight excluding hydrogens is 228 g/mol. The van der Waals surface area contributed by atoms with Crippen molar-refractivity contribution in [1.29, 1.82) is 0 Å². The number of nitrogens with one attached hydrogen (secondary N) is 1. The van der Waals surface area contributed by atoms with Gasteiger partial charge in [0.05, 0.1) is 0 Å². The number of nitrogen functional groups attached to an aromatic ring is 1. The Hall–Kier alpha value is -1.62. The van der Waals surface area contributed by atoms with Crippen LogP contribution in [0.1, 0.15) is 43.1 Å². The van der Waals surface area contributed by atoms with Crippen molar-refractivity contribution < 1.29 is 4.79 Å². The number of pyridine rings is 1. The number of hydrogen-bond acceptors (Lipinski definition) is 4. The zero-order valence-electron chi connectivity index (χ0n) is 10.7. The third-order valence-electron chi connectivity index (χ3n) is 3.43. The number of hydrazine groups is 1. The van der Waals surface area contributed by atoms with Gasteiger partial charge < -0.3 is 10.3 Å². The van der Waals surface area contributed by atoms with E-state index in [0.717, 1.165) is 19.4 Å². The number of carbonyl (C=O) groups is 1. The second-order valence-electron chi connectivity index (χ2n) is 4.75. The topological polar surface area (TPSA) is 71.2 Å². The van der Waals surface area contributed by atoms with Gasteiger partial charge in [-0.05, 0) is 31.9 Å². The Morgan fingerprint density at radius 1 is 1.44 bits per heavy atom. The lowest BCUT2D eigenvalue weighted by Gasteiger charge is -2.26. The van der Waals surface area contributed by atoms with E-state index in [-0.39, 0.29) is 11.9 Å². The van der Waals surface area contributed by atoms with E-state index in [1.54, 1.807) is 18.2 Å². The fraction of sp³-hybridized carbons (Fsp3) is 0.538. The van der Waals surface area contributed by atoms with Crippen molar-refractivity contribution >= 4 is 11.7 Å². The van der Waals surface area contributed by atoms with Crippen molar-refractivity contribution in [1.82, 2.24) is 9.88 Å². The minimum absolute atomic E-state index is 0.00139. The average molecular weight is 248 g/mol. The van der Waals surface area contributed by atoms with Crippen LogP contribution in [0.25, 0.3) is 0 Å². The van der Waals surface area contributed by atoms with E-state index in [1.807, 2.05) is 4.90 Å². The predicted molar refractivity (Wildman–Crippen MR) is 71.0 cm³/mol. The first-order valence-corrected chi connectivity index (χ1v) is 6.47. The highest BCUT2D eigenvalue weighted by atomic mass is 16.2. The molecule has 1 aliphatic heterocycles. The summed E-state index contributed by atoms with van der Waals surface area (Å²) in [5.41, 5.74) is 2.92. The Balaban J connectivity index is 2.18. The second-order valence-corrected chi connectivity index (χ2v) is 4.75. The highest BCUT2D eigenvalue weighted by Crippen LogP contribution is 2.18. The normalized spacial score (nSPS) is 20.3. The smallest absolute Gasteiger partial charge is 0.272 e. The Morgan fingerprint density at radius 2 is 2.28 bits per heavy atom. The summed E-state index contributed by atoms with van der Waals surface area (Å²) >= 11 is 0. The minimum Gasteiger partial charge on any atom is -0.335 e. The van der Waals surface area contributed by atoms with E-state index in [2.05, 4.69) is 17.3 Å². The maximum atomic E-state index is 12.4. The van der Waals surface area contributed by atoms with Crippen molar-refractivity contribution in [3.63, 3.8) is 0 Å². The molecule has 0 bridgehead atoms. The van der Waals surface area contributed by atoms with Crippen molar-refractivity contribution in [3.05, 3.63) is 23.9 Å². The first-order valence-electron chi connectivity index (χ1n) is 6.47. The Labute approximate surface area is 107 Å². The molecule has 0 aromatic carbocycles. The summed E-state index contributed by atoms with van der Waals surface area (Å²) in [6, 6.07) is 5.55. The van der Waals surface area contributed by atoms with Crippen LogP contribution in [0.2, 0.25) is 0 Å². The molecule has 0 aliphatic carbocycles. The summed E-state index contributed by atoms with van der Waals surface area (Å²) in [5.74, 6) is 5.83. The van der Waals surface area contributed by atoms with Crippen molar-refractivity contribution in [2.45, 2.75) is 38.6 Å². The molecule has 5 nitrogen and oxygen atoms in total. The Kier molecular flexibility index (Phi) is 4.15. The highest BCUT2D eigenvalue weighted by molar-refractivity contribution is 5.92. The van der Waals surface area contributed by atoms with Gasteiger partial charge in [-0.2, -0.15) is 0 Å². The van der Waals surface area contributed by atoms with Crippen LogP contribution in [0, 0.1) is 0 Å². The lowest BCUT2D eigenvalue weighted by Crippen LogP contribution is -2.38. The van der Waals surface area contributed by atoms with Gasteiger partial charge in [-0.3, -0.25) is 4.79 Å². The Bertz CT molecular complexity index is 421. The molecule has 1 atom stereocenters. The molecule has 2 heterocycles. The number of nitrogens with two attached hydrogens (primary N) is 1. The molecule has 0 radical (unpaired) electrons. The fourth-order valence-electron chi connectivity index (χ4n) is 2.36. The molecule has 3 N–H and O–H groups in total. The van der Waals surface area contributed by atoms with Gasteiger partial charge in [0.15, 0.2) is 0 Å². The molecule has 1 unspecified atom stereocenters. The number of anilines is 1. The zero-order chi connectivity index (χ0) is 13.0. The Morgan fingerprint density at radius 3 is 3.06 bits per heavy atom. The standard InChI is InChI=1S/C13H20N4O/c1-10-6-3-2-4-9-17(10)13(18)11-7-5-8-12(15-11)16-14/h5,7-8,10H,2-4,6,9,14H2,1H3,(H,15,16). The van der Waals surface area contributed by atoms with Gasteiger partial charge in [0.1, 0.15) is 11.5 Å².